The van der Waals surface area contributed by atoms with Gasteiger partial charge in [-0.05, 0) is 79.8 Å². The van der Waals surface area contributed by atoms with Crippen LogP contribution in [0.4, 0.5) is 16.2 Å². The molecule has 0 radical (unpaired) electrons. The summed E-state index contributed by atoms with van der Waals surface area (Å²) in [6.07, 6.45) is 4.63. The van der Waals surface area contributed by atoms with Crippen molar-refractivity contribution in [2.24, 2.45) is 0 Å². The van der Waals surface area contributed by atoms with Gasteiger partial charge in [-0.1, -0.05) is 30.3 Å². The summed E-state index contributed by atoms with van der Waals surface area (Å²) in [4.78, 5) is 17.8. The van der Waals surface area contributed by atoms with Crippen LogP contribution in [0, 0.1) is 0 Å². The number of rotatable bonds is 9. The molecule has 2 fully saturated rings. The highest BCUT2D eigenvalue weighted by Crippen LogP contribution is 2.27. The molecule has 0 unspecified atom stereocenters. The molecule has 0 atom stereocenters. The molecular weight excluding hydrogens is 576 g/mol. The first-order chi connectivity index (χ1) is 19.8. The number of urea groups is 1. The second-order valence-corrected chi connectivity index (χ2v) is 12.4. The Morgan fingerprint density at radius 2 is 1.50 bits per heavy atom. The topological polar surface area (TPSA) is 100 Å². The third-order valence-electron chi connectivity index (χ3n) is 7.45. The number of amides is 2. The van der Waals surface area contributed by atoms with Crippen molar-refractivity contribution in [1.82, 2.24) is 10.2 Å². The monoisotopic (exact) mass is 614 g/mol. The van der Waals surface area contributed by atoms with Crippen LogP contribution in [0.15, 0.2) is 78.9 Å². The lowest BCUT2D eigenvalue weighted by atomic mass is 10.0. The highest BCUT2D eigenvalue weighted by molar-refractivity contribution is 7.92. The minimum atomic E-state index is -3.31. The average Bonchev–Trinajstić information content (AvgIpc) is 2.97. The van der Waals surface area contributed by atoms with Crippen molar-refractivity contribution in [3.05, 3.63) is 84.4 Å². The number of carbonyl (C=O) groups excluding carboxylic acids is 1. The Kier molecular flexibility index (Phi) is 11.1. The minimum absolute atomic E-state index is 0. The quantitative estimate of drug-likeness (QED) is 0.324. The molecule has 0 spiro atoms. The van der Waals surface area contributed by atoms with E-state index in [-0.39, 0.29) is 30.5 Å². The zero-order valence-corrected chi connectivity index (χ0v) is 25.4. The van der Waals surface area contributed by atoms with Crippen molar-refractivity contribution >= 4 is 39.8 Å². The number of hydrogen-bond donors (Lipinski definition) is 2. The molecule has 0 bridgehead atoms. The first-order valence-electron chi connectivity index (χ1n) is 14.1. The SMILES string of the molecule is CS(=O)(=O)Nc1ccc(Oc2ccc(CN3CCC(N(C(=O)NC4CCOCC4)c4ccccc4)CC3)cc2)cc1.Cl. The van der Waals surface area contributed by atoms with E-state index < -0.39 is 10.0 Å². The molecule has 2 amide bonds. The molecule has 3 aromatic rings. The highest BCUT2D eigenvalue weighted by atomic mass is 35.5. The summed E-state index contributed by atoms with van der Waals surface area (Å²) in [5.41, 5.74) is 2.62. The molecule has 0 aromatic heterocycles. The predicted octanol–water partition coefficient (Wildman–Crippen LogP) is 5.63. The van der Waals surface area contributed by atoms with Gasteiger partial charge in [0.05, 0.1) is 6.26 Å². The van der Waals surface area contributed by atoms with Crippen LogP contribution in [0.1, 0.15) is 31.2 Å². The lowest BCUT2D eigenvalue weighted by Crippen LogP contribution is -2.53. The fraction of sp³-hybridized carbons (Fsp3) is 0.387. The molecular formula is C31H39ClN4O5S. The molecule has 226 valence electrons. The number of sulfonamides is 1. The largest absolute Gasteiger partial charge is 0.457 e. The van der Waals surface area contributed by atoms with E-state index in [1.54, 1.807) is 24.3 Å². The summed E-state index contributed by atoms with van der Waals surface area (Å²) >= 11 is 0. The molecule has 2 N–H and O–H groups in total. The van der Waals surface area contributed by atoms with Gasteiger partial charge >= 0.3 is 6.03 Å². The molecule has 2 aliphatic heterocycles. The lowest BCUT2D eigenvalue weighted by molar-refractivity contribution is 0.0801. The summed E-state index contributed by atoms with van der Waals surface area (Å²) in [5, 5.41) is 3.25. The lowest BCUT2D eigenvalue weighted by Gasteiger charge is -2.39. The third kappa shape index (κ3) is 9.09. The predicted molar refractivity (Wildman–Crippen MR) is 168 cm³/mol. The molecule has 11 heteroatoms. The Morgan fingerprint density at radius 1 is 0.905 bits per heavy atom. The van der Waals surface area contributed by atoms with Crippen LogP contribution in [0.3, 0.4) is 0 Å². The van der Waals surface area contributed by atoms with Crippen molar-refractivity contribution < 1.29 is 22.7 Å². The van der Waals surface area contributed by atoms with Crippen LogP contribution in [-0.4, -0.2) is 64.0 Å². The van der Waals surface area contributed by atoms with Gasteiger partial charge in [-0.2, -0.15) is 0 Å². The van der Waals surface area contributed by atoms with Gasteiger partial charge in [-0.15, -0.1) is 12.4 Å². The van der Waals surface area contributed by atoms with E-state index >= 15 is 0 Å². The van der Waals surface area contributed by atoms with E-state index in [0.717, 1.165) is 57.3 Å². The van der Waals surface area contributed by atoms with Crippen molar-refractivity contribution in [3.8, 4) is 11.5 Å². The number of benzene rings is 3. The number of nitrogens with one attached hydrogen (secondary N) is 2. The summed E-state index contributed by atoms with van der Waals surface area (Å²) in [7, 11) is -3.31. The van der Waals surface area contributed by atoms with Crippen molar-refractivity contribution in [1.29, 1.82) is 0 Å². The average molecular weight is 615 g/mol. The fourth-order valence-corrected chi connectivity index (χ4v) is 5.93. The van der Waals surface area contributed by atoms with E-state index in [1.165, 1.54) is 5.56 Å². The van der Waals surface area contributed by atoms with Crippen molar-refractivity contribution in [2.45, 2.75) is 44.3 Å². The van der Waals surface area contributed by atoms with Crippen LogP contribution >= 0.6 is 12.4 Å². The second-order valence-electron chi connectivity index (χ2n) is 10.7. The molecule has 42 heavy (non-hydrogen) atoms. The van der Waals surface area contributed by atoms with Gasteiger partial charge in [0.1, 0.15) is 11.5 Å². The van der Waals surface area contributed by atoms with Gasteiger partial charge in [0.2, 0.25) is 10.0 Å². The number of halogens is 1. The Bertz CT molecular complexity index is 1380. The minimum Gasteiger partial charge on any atom is -0.457 e. The number of para-hydroxylation sites is 1. The van der Waals surface area contributed by atoms with Gasteiger partial charge in [0.15, 0.2) is 0 Å². The number of piperidine rings is 1. The Hall–Kier alpha value is -3.31. The summed E-state index contributed by atoms with van der Waals surface area (Å²) in [6, 6.07) is 25.1. The van der Waals surface area contributed by atoms with Crippen LogP contribution in [0.2, 0.25) is 0 Å². The zero-order chi connectivity index (χ0) is 28.7. The molecule has 3 aromatic carbocycles. The Labute approximate surface area is 254 Å². The van der Waals surface area contributed by atoms with Crippen LogP contribution in [-0.2, 0) is 21.3 Å². The zero-order valence-electron chi connectivity index (χ0n) is 23.8. The smallest absolute Gasteiger partial charge is 0.322 e. The van der Waals surface area contributed by atoms with Crippen LogP contribution in [0.5, 0.6) is 11.5 Å². The van der Waals surface area contributed by atoms with E-state index in [1.807, 2.05) is 47.4 Å². The standard InChI is InChI=1S/C31H38N4O5S.ClH/c1-41(37,38)33-26-9-13-30(14-10-26)40-29-11-7-24(8-12-29)23-34-19-15-28(16-20-34)35(27-5-3-2-4-6-27)31(36)32-25-17-21-39-22-18-25;/h2-14,25,28,33H,15-23H2,1H3,(H,32,36);1H. The maximum absolute atomic E-state index is 13.4. The molecule has 5 rings (SSSR count). The van der Waals surface area contributed by atoms with E-state index in [4.69, 9.17) is 9.47 Å². The number of likely N-dealkylation sites (tertiary alicyclic amines) is 1. The summed E-state index contributed by atoms with van der Waals surface area (Å²) in [5.74, 6) is 1.34. The first kappa shape index (κ1) is 31.6. The van der Waals surface area contributed by atoms with Gasteiger partial charge in [-0.25, -0.2) is 13.2 Å². The van der Waals surface area contributed by atoms with Gasteiger partial charge in [0.25, 0.3) is 0 Å². The molecule has 2 saturated heterocycles. The molecule has 0 saturated carbocycles. The van der Waals surface area contributed by atoms with E-state index in [9.17, 15) is 13.2 Å². The molecule has 9 nitrogen and oxygen atoms in total. The number of ether oxygens (including phenoxy) is 2. The van der Waals surface area contributed by atoms with Crippen molar-refractivity contribution in [3.63, 3.8) is 0 Å². The highest BCUT2D eigenvalue weighted by Gasteiger charge is 2.30. The van der Waals surface area contributed by atoms with Crippen molar-refractivity contribution in [2.75, 3.05) is 42.2 Å². The number of carbonyl (C=O) groups is 1. The fourth-order valence-electron chi connectivity index (χ4n) is 5.37. The van der Waals surface area contributed by atoms with Crippen LogP contribution < -0.4 is 19.7 Å². The maximum Gasteiger partial charge on any atom is 0.322 e. The van der Waals surface area contributed by atoms with Crippen LogP contribution in [0.25, 0.3) is 0 Å². The third-order valence-corrected chi connectivity index (χ3v) is 8.05. The number of hydrogen-bond acceptors (Lipinski definition) is 6. The number of nitrogens with zero attached hydrogens (tertiary/aromatic N) is 2. The summed E-state index contributed by atoms with van der Waals surface area (Å²) in [6.45, 7) is 4.04. The summed E-state index contributed by atoms with van der Waals surface area (Å²) < 4.78 is 36.6. The molecule has 2 aliphatic rings. The second kappa shape index (κ2) is 14.7. The maximum atomic E-state index is 13.4. The molecule has 0 aliphatic carbocycles. The van der Waals surface area contributed by atoms with Gasteiger partial charge < -0.3 is 14.8 Å². The first-order valence-corrected chi connectivity index (χ1v) is 16.0. The van der Waals surface area contributed by atoms with Gasteiger partial charge in [0, 0.05) is 56.3 Å². The number of anilines is 2. The molecule has 2 heterocycles. The Morgan fingerprint density at radius 3 is 2.10 bits per heavy atom. The van der Waals surface area contributed by atoms with E-state index in [0.29, 0.717) is 30.4 Å². The normalized spacial score (nSPS) is 16.7. The van der Waals surface area contributed by atoms with Gasteiger partial charge in [-0.3, -0.25) is 14.5 Å². The van der Waals surface area contributed by atoms with E-state index in [2.05, 4.69) is 27.1 Å². The Balaban J connectivity index is 0.00000405.